The molecule has 0 spiro atoms. The Hall–Kier alpha value is -1.36. The number of thiophene rings is 1. The summed E-state index contributed by atoms with van der Waals surface area (Å²) in [5, 5.41) is 9.55. The van der Waals surface area contributed by atoms with Crippen molar-refractivity contribution < 1.29 is 14.7 Å². The fourth-order valence-corrected chi connectivity index (χ4v) is 3.44. The molecule has 0 aliphatic heterocycles. The molecule has 0 saturated heterocycles. The van der Waals surface area contributed by atoms with Crippen LogP contribution in [0.3, 0.4) is 0 Å². The Morgan fingerprint density at radius 2 is 1.95 bits per heavy atom. The second kappa shape index (κ2) is 5.20. The first-order valence-corrected chi connectivity index (χ1v) is 7.65. The molecule has 1 saturated carbocycles. The summed E-state index contributed by atoms with van der Waals surface area (Å²) in [7, 11) is 0. The topological polar surface area (TPSA) is 57.6 Å². The highest BCUT2D eigenvalue weighted by atomic mass is 32.1. The Kier molecular flexibility index (Phi) is 3.91. The van der Waals surface area contributed by atoms with Crippen LogP contribution >= 0.6 is 11.3 Å². The third kappa shape index (κ3) is 3.03. The molecule has 110 valence electrons. The van der Waals surface area contributed by atoms with Crippen LogP contribution in [0.1, 0.15) is 56.3 Å². The first-order chi connectivity index (χ1) is 9.21. The molecule has 1 aliphatic carbocycles. The number of hydrogen-bond acceptors (Lipinski definition) is 3. The second-order valence-electron chi connectivity index (χ2n) is 6.35. The largest absolute Gasteiger partial charge is 0.479 e. The first kappa shape index (κ1) is 15.0. The molecular weight excluding hydrogens is 274 g/mol. The Balaban J connectivity index is 2.35. The van der Waals surface area contributed by atoms with E-state index in [4.69, 9.17) is 0 Å². The molecule has 1 amide bonds. The summed E-state index contributed by atoms with van der Waals surface area (Å²) in [6, 6.07) is 3.07. The van der Waals surface area contributed by atoms with Crippen molar-refractivity contribution in [2.75, 3.05) is 0 Å². The van der Waals surface area contributed by atoms with E-state index in [1.54, 1.807) is 0 Å². The van der Waals surface area contributed by atoms with Gasteiger partial charge in [0.15, 0.2) is 6.04 Å². The van der Waals surface area contributed by atoms with Crippen LogP contribution in [0.2, 0.25) is 0 Å². The van der Waals surface area contributed by atoms with E-state index in [9.17, 15) is 14.7 Å². The molecule has 2 rings (SSSR count). The van der Waals surface area contributed by atoms with Crippen molar-refractivity contribution in [3.05, 3.63) is 21.9 Å². The van der Waals surface area contributed by atoms with Gasteiger partial charge in [-0.2, -0.15) is 0 Å². The molecule has 4 nitrogen and oxygen atoms in total. The van der Waals surface area contributed by atoms with Gasteiger partial charge in [-0.25, -0.2) is 4.79 Å². The van der Waals surface area contributed by atoms with Gasteiger partial charge in [-0.3, -0.25) is 4.79 Å². The Morgan fingerprint density at radius 3 is 2.30 bits per heavy atom. The van der Waals surface area contributed by atoms with Crippen molar-refractivity contribution in [2.45, 2.75) is 58.0 Å². The number of carbonyl (C=O) groups is 2. The average molecular weight is 295 g/mol. The lowest BCUT2D eigenvalue weighted by molar-refractivity contribution is -0.150. The standard InChI is InChI=1S/C15H21NO3S/c1-9(17)16(10-5-6-10)13(14(18)19)11-7-8-12(20-11)15(2,3)4/h7-8,10,13H,5-6H2,1-4H3,(H,18,19). The van der Waals surface area contributed by atoms with E-state index in [0.29, 0.717) is 0 Å². The van der Waals surface area contributed by atoms with Crippen molar-refractivity contribution in [3.8, 4) is 0 Å². The molecule has 1 aliphatic rings. The van der Waals surface area contributed by atoms with Crippen molar-refractivity contribution in [3.63, 3.8) is 0 Å². The Bertz CT molecular complexity index is 525. The number of carbonyl (C=O) groups excluding carboxylic acids is 1. The van der Waals surface area contributed by atoms with Crippen LogP contribution in [0.25, 0.3) is 0 Å². The zero-order chi connectivity index (χ0) is 15.1. The van der Waals surface area contributed by atoms with E-state index < -0.39 is 12.0 Å². The van der Waals surface area contributed by atoms with Crippen molar-refractivity contribution in [1.29, 1.82) is 0 Å². The predicted octanol–water partition coefficient (Wildman–Crippen LogP) is 3.18. The maximum atomic E-state index is 11.8. The lowest BCUT2D eigenvalue weighted by Gasteiger charge is -2.27. The van der Waals surface area contributed by atoms with Crippen LogP contribution in [-0.2, 0) is 15.0 Å². The Morgan fingerprint density at radius 1 is 1.35 bits per heavy atom. The number of amides is 1. The normalized spacial score (nSPS) is 16.8. The smallest absolute Gasteiger partial charge is 0.331 e. The summed E-state index contributed by atoms with van der Waals surface area (Å²) in [4.78, 5) is 26.9. The van der Waals surface area contributed by atoms with Gasteiger partial charge in [-0.15, -0.1) is 11.3 Å². The van der Waals surface area contributed by atoms with Gasteiger partial charge >= 0.3 is 5.97 Å². The SMILES string of the molecule is CC(=O)N(C1CC1)C(C(=O)O)c1ccc(C(C)(C)C)s1. The molecule has 1 atom stereocenters. The highest BCUT2D eigenvalue weighted by Gasteiger charge is 2.40. The molecule has 0 aromatic carbocycles. The Labute approximate surface area is 123 Å². The molecule has 1 unspecified atom stereocenters. The number of hydrogen-bond donors (Lipinski definition) is 1. The van der Waals surface area contributed by atoms with Gasteiger partial charge in [0, 0.05) is 22.7 Å². The van der Waals surface area contributed by atoms with Crippen LogP contribution in [0.5, 0.6) is 0 Å². The van der Waals surface area contributed by atoms with Crippen molar-refractivity contribution >= 4 is 23.2 Å². The van der Waals surface area contributed by atoms with Crippen LogP contribution in [-0.4, -0.2) is 27.9 Å². The van der Waals surface area contributed by atoms with Gasteiger partial charge in [-0.1, -0.05) is 20.8 Å². The number of aliphatic carboxylic acids is 1. The number of carboxylic acids is 1. The van der Waals surface area contributed by atoms with Crippen LogP contribution in [0, 0.1) is 0 Å². The van der Waals surface area contributed by atoms with Crippen LogP contribution < -0.4 is 0 Å². The van der Waals surface area contributed by atoms with E-state index >= 15 is 0 Å². The average Bonchev–Trinajstić information content (AvgIpc) is 2.99. The van der Waals surface area contributed by atoms with Crippen molar-refractivity contribution in [1.82, 2.24) is 4.90 Å². The van der Waals surface area contributed by atoms with Gasteiger partial charge in [0.2, 0.25) is 5.91 Å². The van der Waals surface area contributed by atoms with Gasteiger partial charge in [0.05, 0.1) is 0 Å². The van der Waals surface area contributed by atoms with E-state index in [-0.39, 0.29) is 17.4 Å². The van der Waals surface area contributed by atoms with E-state index in [0.717, 1.165) is 22.6 Å². The molecule has 20 heavy (non-hydrogen) atoms. The molecule has 1 heterocycles. The fourth-order valence-electron chi connectivity index (χ4n) is 2.28. The first-order valence-electron chi connectivity index (χ1n) is 6.83. The molecule has 5 heteroatoms. The fraction of sp³-hybridized carbons (Fsp3) is 0.600. The maximum Gasteiger partial charge on any atom is 0.331 e. The van der Waals surface area contributed by atoms with Gasteiger partial charge in [0.25, 0.3) is 0 Å². The highest BCUT2D eigenvalue weighted by Crippen LogP contribution is 2.39. The molecule has 1 aromatic heterocycles. The number of carboxylic acid groups (broad SMARTS) is 1. The summed E-state index contributed by atoms with van der Waals surface area (Å²) < 4.78 is 0. The molecule has 0 bridgehead atoms. The monoisotopic (exact) mass is 295 g/mol. The van der Waals surface area contributed by atoms with Crippen LogP contribution in [0.15, 0.2) is 12.1 Å². The summed E-state index contributed by atoms with van der Waals surface area (Å²) in [6.07, 6.45) is 1.81. The maximum absolute atomic E-state index is 11.8. The third-order valence-electron chi connectivity index (χ3n) is 3.45. The number of nitrogens with zero attached hydrogens (tertiary/aromatic N) is 1. The summed E-state index contributed by atoms with van der Waals surface area (Å²) in [6.45, 7) is 7.75. The van der Waals surface area contributed by atoms with E-state index in [2.05, 4.69) is 20.8 Å². The molecule has 1 fully saturated rings. The zero-order valence-corrected chi connectivity index (χ0v) is 13.2. The van der Waals surface area contributed by atoms with Gasteiger partial charge in [-0.05, 0) is 30.4 Å². The van der Waals surface area contributed by atoms with Crippen molar-refractivity contribution in [2.24, 2.45) is 0 Å². The lowest BCUT2D eigenvalue weighted by atomic mass is 9.95. The summed E-state index contributed by atoms with van der Waals surface area (Å²) in [5.74, 6) is -1.11. The summed E-state index contributed by atoms with van der Waals surface area (Å²) in [5.41, 5.74) is -0.00734. The lowest BCUT2D eigenvalue weighted by Crippen LogP contribution is -2.38. The molecular formula is C15H21NO3S. The quantitative estimate of drug-likeness (QED) is 0.928. The molecule has 0 radical (unpaired) electrons. The minimum atomic E-state index is -0.950. The van der Waals surface area contributed by atoms with Crippen LogP contribution in [0.4, 0.5) is 0 Å². The minimum absolute atomic E-state index is 0.00734. The molecule has 1 N–H and O–H groups in total. The molecule has 1 aromatic rings. The summed E-state index contributed by atoms with van der Waals surface area (Å²) >= 11 is 1.49. The van der Waals surface area contributed by atoms with Gasteiger partial charge in [0.1, 0.15) is 0 Å². The highest BCUT2D eigenvalue weighted by molar-refractivity contribution is 7.12. The third-order valence-corrected chi connectivity index (χ3v) is 5.01. The van der Waals surface area contributed by atoms with E-state index in [1.807, 2.05) is 12.1 Å². The predicted molar refractivity (Wildman–Crippen MR) is 78.9 cm³/mol. The number of rotatable bonds is 4. The zero-order valence-electron chi connectivity index (χ0n) is 12.3. The second-order valence-corrected chi connectivity index (χ2v) is 7.47. The van der Waals surface area contributed by atoms with Gasteiger partial charge < -0.3 is 10.0 Å². The van der Waals surface area contributed by atoms with E-state index in [1.165, 1.54) is 23.2 Å². The minimum Gasteiger partial charge on any atom is -0.479 e.